The monoisotopic (exact) mass is 349 g/mol. The molecule has 4 heteroatoms. The van der Waals surface area contributed by atoms with Gasteiger partial charge in [-0.25, -0.2) is 4.79 Å². The molecule has 0 bridgehead atoms. The van der Waals surface area contributed by atoms with Crippen LogP contribution in [0.25, 0.3) is 0 Å². The number of esters is 1. The Morgan fingerprint density at radius 3 is 2.73 bits per heavy atom. The van der Waals surface area contributed by atoms with Crippen molar-refractivity contribution in [2.24, 2.45) is 5.92 Å². The summed E-state index contributed by atoms with van der Waals surface area (Å²) in [5.74, 6) is 0.294. The van der Waals surface area contributed by atoms with Crippen LogP contribution in [0, 0.1) is 5.92 Å². The number of carbonyl (C=O) groups excluding carboxylic acids is 2. The van der Waals surface area contributed by atoms with E-state index in [1.807, 2.05) is 41.3 Å². The first kappa shape index (κ1) is 16.8. The fourth-order valence-electron chi connectivity index (χ4n) is 3.94. The van der Waals surface area contributed by atoms with Gasteiger partial charge in [0.05, 0.1) is 5.56 Å². The molecule has 2 heterocycles. The molecule has 2 unspecified atom stereocenters. The average Bonchev–Trinajstić information content (AvgIpc) is 2.67. The Morgan fingerprint density at radius 1 is 1.15 bits per heavy atom. The van der Waals surface area contributed by atoms with E-state index in [9.17, 15) is 9.59 Å². The highest BCUT2D eigenvalue weighted by molar-refractivity contribution is 5.97. The maximum absolute atomic E-state index is 12.9. The number of carbonyl (C=O) groups is 2. The summed E-state index contributed by atoms with van der Waals surface area (Å²) in [6.07, 6.45) is 2.54. The van der Waals surface area contributed by atoms with Crippen molar-refractivity contribution in [3.05, 3.63) is 70.8 Å². The highest BCUT2D eigenvalue weighted by atomic mass is 16.5. The second-order valence-corrected chi connectivity index (χ2v) is 7.38. The minimum atomic E-state index is -0.314. The van der Waals surface area contributed by atoms with Gasteiger partial charge in [0, 0.05) is 25.1 Å². The van der Waals surface area contributed by atoms with Crippen molar-refractivity contribution in [3.8, 4) is 0 Å². The lowest BCUT2D eigenvalue weighted by atomic mass is 9.92. The summed E-state index contributed by atoms with van der Waals surface area (Å²) < 4.78 is 5.60. The second-order valence-electron chi connectivity index (χ2n) is 7.38. The summed E-state index contributed by atoms with van der Waals surface area (Å²) in [5, 5.41) is 0. The van der Waals surface area contributed by atoms with Gasteiger partial charge in [-0.2, -0.15) is 0 Å². The van der Waals surface area contributed by atoms with Crippen molar-refractivity contribution in [1.29, 1.82) is 0 Å². The smallest absolute Gasteiger partial charge is 0.339 e. The van der Waals surface area contributed by atoms with Gasteiger partial charge in [0.15, 0.2) is 0 Å². The molecule has 0 spiro atoms. The number of fused-ring (bicyclic) bond motifs is 1. The molecule has 1 fully saturated rings. The van der Waals surface area contributed by atoms with Crippen LogP contribution in [0.4, 0.5) is 0 Å². The van der Waals surface area contributed by atoms with E-state index in [2.05, 4.69) is 6.92 Å². The maximum atomic E-state index is 12.9. The first-order chi connectivity index (χ1) is 12.6. The van der Waals surface area contributed by atoms with E-state index in [1.54, 1.807) is 12.1 Å². The minimum Gasteiger partial charge on any atom is -0.454 e. The van der Waals surface area contributed by atoms with E-state index in [0.29, 0.717) is 23.5 Å². The summed E-state index contributed by atoms with van der Waals surface area (Å²) in [5.41, 5.74) is 3.11. The van der Waals surface area contributed by atoms with Gasteiger partial charge < -0.3 is 9.64 Å². The number of nitrogens with zero attached hydrogens (tertiary/aromatic N) is 1. The summed E-state index contributed by atoms with van der Waals surface area (Å²) in [4.78, 5) is 27.2. The van der Waals surface area contributed by atoms with Crippen LogP contribution in [0.2, 0.25) is 0 Å². The van der Waals surface area contributed by atoms with E-state index < -0.39 is 0 Å². The van der Waals surface area contributed by atoms with Crippen LogP contribution in [0.3, 0.4) is 0 Å². The van der Waals surface area contributed by atoms with Crippen molar-refractivity contribution in [3.63, 3.8) is 0 Å². The molecule has 1 saturated heterocycles. The molecule has 26 heavy (non-hydrogen) atoms. The maximum Gasteiger partial charge on any atom is 0.339 e. The van der Waals surface area contributed by atoms with E-state index >= 15 is 0 Å². The third-order valence-corrected chi connectivity index (χ3v) is 5.34. The lowest BCUT2D eigenvalue weighted by Gasteiger charge is -2.31. The molecule has 134 valence electrons. The lowest BCUT2D eigenvalue weighted by Crippen LogP contribution is -2.39. The number of cyclic esters (lactones) is 1. The van der Waals surface area contributed by atoms with E-state index in [4.69, 9.17) is 4.74 Å². The Kier molecular flexibility index (Phi) is 4.49. The molecule has 2 aliphatic rings. The molecule has 4 rings (SSSR count). The van der Waals surface area contributed by atoms with Crippen LogP contribution in [-0.4, -0.2) is 29.9 Å². The molecule has 2 aliphatic heterocycles. The molecule has 2 atom stereocenters. The third-order valence-electron chi connectivity index (χ3n) is 5.34. The van der Waals surface area contributed by atoms with Crippen LogP contribution >= 0.6 is 0 Å². The number of benzene rings is 2. The van der Waals surface area contributed by atoms with Gasteiger partial charge >= 0.3 is 5.97 Å². The van der Waals surface area contributed by atoms with Gasteiger partial charge in [-0.3, -0.25) is 4.79 Å². The standard InChI is InChI=1S/C22H23NO3/c1-15-6-5-11-23(14-15)21(24)17-9-10-19-18(12-17)13-20(26-22(19)25)16-7-3-2-4-8-16/h2-4,7-10,12,15,20H,5-6,11,13-14H2,1H3. The zero-order chi connectivity index (χ0) is 18.1. The Morgan fingerprint density at radius 2 is 1.96 bits per heavy atom. The van der Waals surface area contributed by atoms with Gasteiger partial charge in [-0.05, 0) is 48.1 Å². The Labute approximate surface area is 153 Å². The SMILES string of the molecule is CC1CCCN(C(=O)c2ccc3c(c2)CC(c2ccccc2)OC3=O)C1. The molecule has 0 radical (unpaired) electrons. The second kappa shape index (κ2) is 6.94. The van der Waals surface area contributed by atoms with Gasteiger partial charge in [0.1, 0.15) is 6.10 Å². The predicted octanol–water partition coefficient (Wildman–Crippen LogP) is 4.01. The molecule has 4 nitrogen and oxygen atoms in total. The molecule has 0 aliphatic carbocycles. The summed E-state index contributed by atoms with van der Waals surface area (Å²) in [6, 6.07) is 15.1. The molecular formula is C22H23NO3. The lowest BCUT2D eigenvalue weighted by molar-refractivity contribution is 0.0252. The normalized spacial score (nSPS) is 22.5. The topological polar surface area (TPSA) is 46.6 Å². The highest BCUT2D eigenvalue weighted by Crippen LogP contribution is 2.31. The van der Waals surface area contributed by atoms with Crippen molar-refractivity contribution in [2.45, 2.75) is 32.3 Å². The van der Waals surface area contributed by atoms with E-state index in [1.165, 1.54) is 6.42 Å². The zero-order valence-corrected chi connectivity index (χ0v) is 15.0. The van der Waals surface area contributed by atoms with Crippen molar-refractivity contribution < 1.29 is 14.3 Å². The van der Waals surface area contributed by atoms with Crippen LogP contribution < -0.4 is 0 Å². The summed E-state index contributed by atoms with van der Waals surface area (Å²) in [6.45, 7) is 3.81. The van der Waals surface area contributed by atoms with E-state index in [-0.39, 0.29) is 18.0 Å². The number of rotatable bonds is 2. The Hall–Kier alpha value is -2.62. The molecule has 1 amide bonds. The number of amides is 1. The third kappa shape index (κ3) is 3.24. The van der Waals surface area contributed by atoms with Crippen molar-refractivity contribution >= 4 is 11.9 Å². The predicted molar refractivity (Wildman–Crippen MR) is 99.0 cm³/mol. The molecule has 0 saturated carbocycles. The van der Waals surface area contributed by atoms with Gasteiger partial charge in [0.2, 0.25) is 0 Å². The molecule has 0 N–H and O–H groups in total. The number of hydrogen-bond donors (Lipinski definition) is 0. The number of piperidine rings is 1. The van der Waals surface area contributed by atoms with Crippen molar-refractivity contribution in [2.75, 3.05) is 13.1 Å². The quantitative estimate of drug-likeness (QED) is 0.770. The fourth-order valence-corrected chi connectivity index (χ4v) is 3.94. The molecule has 2 aromatic rings. The van der Waals surface area contributed by atoms with Crippen molar-refractivity contribution in [1.82, 2.24) is 4.90 Å². The number of likely N-dealkylation sites (tertiary alicyclic amines) is 1. The Bertz CT molecular complexity index is 831. The van der Waals surface area contributed by atoms with Crippen LogP contribution in [0.5, 0.6) is 0 Å². The Balaban J connectivity index is 1.60. The van der Waals surface area contributed by atoms with E-state index in [0.717, 1.165) is 30.6 Å². The molecule has 2 aromatic carbocycles. The molecular weight excluding hydrogens is 326 g/mol. The van der Waals surface area contributed by atoms with Crippen LogP contribution in [0.1, 0.15) is 57.7 Å². The fraction of sp³-hybridized carbons (Fsp3) is 0.364. The minimum absolute atomic E-state index is 0.0644. The van der Waals surface area contributed by atoms with Crippen LogP contribution in [-0.2, 0) is 11.2 Å². The zero-order valence-electron chi connectivity index (χ0n) is 15.0. The van der Waals surface area contributed by atoms with Gasteiger partial charge in [-0.1, -0.05) is 37.3 Å². The first-order valence-corrected chi connectivity index (χ1v) is 9.30. The summed E-state index contributed by atoms with van der Waals surface area (Å²) in [7, 11) is 0. The largest absolute Gasteiger partial charge is 0.454 e. The highest BCUT2D eigenvalue weighted by Gasteiger charge is 2.29. The van der Waals surface area contributed by atoms with Gasteiger partial charge in [-0.15, -0.1) is 0 Å². The first-order valence-electron chi connectivity index (χ1n) is 9.30. The van der Waals surface area contributed by atoms with Gasteiger partial charge in [0.25, 0.3) is 5.91 Å². The van der Waals surface area contributed by atoms with Crippen LogP contribution in [0.15, 0.2) is 48.5 Å². The number of hydrogen-bond acceptors (Lipinski definition) is 3. The summed E-state index contributed by atoms with van der Waals surface area (Å²) >= 11 is 0. The molecule has 0 aromatic heterocycles. The average molecular weight is 349 g/mol. The number of ether oxygens (including phenoxy) is 1.